The van der Waals surface area contributed by atoms with Crippen molar-refractivity contribution in [3.63, 3.8) is 0 Å². The molecular weight excluding hydrogens is 705 g/mol. The molecule has 0 unspecified atom stereocenters. The average molecular weight is 773 g/mol. The number of carbonyl (C=O) groups excluding carboxylic acids is 5. The van der Waals surface area contributed by atoms with Crippen LogP contribution in [-0.2, 0) is 29.2 Å². The lowest BCUT2D eigenvalue weighted by Crippen LogP contribution is -2.55. The van der Waals surface area contributed by atoms with Gasteiger partial charge in [-0.25, -0.2) is 13.2 Å². The van der Waals surface area contributed by atoms with Crippen LogP contribution in [0.3, 0.4) is 0 Å². The van der Waals surface area contributed by atoms with E-state index in [1.54, 1.807) is 4.90 Å². The van der Waals surface area contributed by atoms with Gasteiger partial charge in [0, 0.05) is 36.3 Å². The number of nitrogens with zero attached hydrogens (tertiary/aromatic N) is 1. The maximum absolute atomic E-state index is 15.2. The zero-order valence-corrected chi connectivity index (χ0v) is 35.3. The molecule has 6 fully saturated rings. The van der Waals surface area contributed by atoms with Gasteiger partial charge in [0.25, 0.3) is 0 Å². The highest BCUT2D eigenvalue weighted by molar-refractivity contribution is 7.90. The summed E-state index contributed by atoms with van der Waals surface area (Å²) in [5, 5.41) is 5.40. The van der Waals surface area contributed by atoms with E-state index in [-0.39, 0.29) is 58.4 Å². The molecule has 0 aromatic rings. The third-order valence-electron chi connectivity index (χ3n) is 15.3. The molecule has 1 aliphatic heterocycles. The van der Waals surface area contributed by atoms with Gasteiger partial charge < -0.3 is 15.5 Å². The van der Waals surface area contributed by atoms with Crippen LogP contribution < -0.4 is 15.4 Å². The van der Waals surface area contributed by atoms with E-state index in [0.717, 1.165) is 51.4 Å². The number of amides is 4. The van der Waals surface area contributed by atoms with E-state index in [0.29, 0.717) is 38.6 Å². The minimum Gasteiger partial charge on any atom is -0.334 e. The van der Waals surface area contributed by atoms with E-state index in [4.69, 9.17) is 0 Å². The SMILES string of the molecule is CC[C@@H]1C[C@]1(CC(=O)[C@@H]1C[C@@]2(CN1C(=O)[C@@H](CC(=O)[C@@H](NC(=O)NC(C)(C)C)C1CCCCC1)C(C)(C)C)C(C)(C)C21CCC1)C(=O)NS(=O)(=O)C1CC1. The fourth-order valence-electron chi connectivity index (χ4n) is 11.5. The van der Waals surface area contributed by atoms with E-state index >= 15 is 4.79 Å². The third-order valence-corrected chi connectivity index (χ3v) is 17.1. The summed E-state index contributed by atoms with van der Waals surface area (Å²) >= 11 is 0. The van der Waals surface area contributed by atoms with Crippen molar-refractivity contribution in [2.24, 2.45) is 44.8 Å². The zero-order valence-electron chi connectivity index (χ0n) is 34.5. The van der Waals surface area contributed by atoms with Gasteiger partial charge in [-0.3, -0.25) is 23.9 Å². The summed E-state index contributed by atoms with van der Waals surface area (Å²) in [5.74, 6) is -2.01. The molecule has 0 aromatic carbocycles. The summed E-state index contributed by atoms with van der Waals surface area (Å²) < 4.78 is 28.0. The molecule has 0 aromatic heterocycles. The summed E-state index contributed by atoms with van der Waals surface area (Å²) in [6, 6.07) is -1.88. The number of hydrogen-bond acceptors (Lipinski definition) is 7. The number of urea groups is 1. The van der Waals surface area contributed by atoms with Crippen LogP contribution in [0.2, 0.25) is 0 Å². The number of sulfonamides is 1. The predicted octanol–water partition coefficient (Wildman–Crippen LogP) is 6.44. The molecule has 0 radical (unpaired) electrons. The van der Waals surface area contributed by atoms with Gasteiger partial charge in [0.2, 0.25) is 21.8 Å². The van der Waals surface area contributed by atoms with E-state index in [9.17, 15) is 27.6 Å². The number of rotatable bonds is 13. The Labute approximate surface area is 324 Å². The maximum atomic E-state index is 15.2. The predicted molar refractivity (Wildman–Crippen MR) is 208 cm³/mol. The van der Waals surface area contributed by atoms with E-state index in [2.05, 4.69) is 29.2 Å². The number of ketones is 2. The van der Waals surface area contributed by atoms with Gasteiger partial charge in [-0.15, -0.1) is 0 Å². The molecular formula is C42H68N4O7S. The highest BCUT2D eigenvalue weighted by Crippen LogP contribution is 2.88. The highest BCUT2D eigenvalue weighted by Gasteiger charge is 2.85. The maximum Gasteiger partial charge on any atom is 0.315 e. The van der Waals surface area contributed by atoms with Crippen LogP contribution in [0.5, 0.6) is 0 Å². The van der Waals surface area contributed by atoms with Gasteiger partial charge in [0.1, 0.15) is 0 Å². The summed E-state index contributed by atoms with van der Waals surface area (Å²) in [5.41, 5.74) is -2.48. The lowest BCUT2D eigenvalue weighted by atomic mass is 9.73. The van der Waals surface area contributed by atoms with E-state index in [1.165, 1.54) is 0 Å². The number of likely N-dealkylation sites (tertiary alicyclic amines) is 1. The fraction of sp³-hybridized carbons (Fsp3) is 0.881. The molecule has 54 heavy (non-hydrogen) atoms. The first kappa shape index (κ1) is 41.1. The number of hydrogen-bond donors (Lipinski definition) is 3. The molecule has 12 heteroatoms. The minimum atomic E-state index is -3.78. The Kier molecular flexibility index (Phi) is 10.6. The van der Waals surface area contributed by atoms with Crippen molar-refractivity contribution in [2.45, 2.75) is 181 Å². The van der Waals surface area contributed by atoms with Crippen molar-refractivity contribution in [1.82, 2.24) is 20.3 Å². The summed E-state index contributed by atoms with van der Waals surface area (Å²) in [6.45, 7) is 18.5. The summed E-state index contributed by atoms with van der Waals surface area (Å²) in [4.78, 5) is 73.0. The largest absolute Gasteiger partial charge is 0.334 e. The quantitative estimate of drug-likeness (QED) is 0.195. The lowest BCUT2D eigenvalue weighted by molar-refractivity contribution is -0.146. The average Bonchev–Trinajstić information content (AvgIpc) is 3.99. The van der Waals surface area contributed by atoms with Crippen LogP contribution in [0, 0.1) is 44.8 Å². The second kappa shape index (κ2) is 13.9. The van der Waals surface area contributed by atoms with Crippen molar-refractivity contribution >= 4 is 39.4 Å². The van der Waals surface area contributed by atoms with E-state index < -0.39 is 61.6 Å². The summed E-state index contributed by atoms with van der Waals surface area (Å²) in [7, 11) is -3.78. The van der Waals surface area contributed by atoms with Crippen LogP contribution in [0.25, 0.3) is 0 Å². The molecule has 2 spiro atoms. The molecule has 11 nitrogen and oxygen atoms in total. The van der Waals surface area contributed by atoms with Gasteiger partial charge in [0.05, 0.1) is 22.7 Å². The van der Waals surface area contributed by atoms with Crippen LogP contribution >= 0.6 is 0 Å². The molecule has 0 bridgehead atoms. The molecule has 6 aliphatic rings. The molecule has 4 amide bonds. The molecule has 5 saturated carbocycles. The van der Waals surface area contributed by atoms with Crippen molar-refractivity contribution in [1.29, 1.82) is 0 Å². The van der Waals surface area contributed by atoms with Gasteiger partial charge in [0.15, 0.2) is 11.6 Å². The first-order chi connectivity index (χ1) is 25.0. The monoisotopic (exact) mass is 772 g/mol. The normalized spacial score (nSPS) is 31.3. The Hall–Kier alpha value is -2.50. The molecule has 1 saturated heterocycles. The van der Waals surface area contributed by atoms with Crippen LogP contribution in [0.15, 0.2) is 0 Å². The summed E-state index contributed by atoms with van der Waals surface area (Å²) in [6.07, 6.45) is 10.5. The van der Waals surface area contributed by atoms with Gasteiger partial charge in [-0.2, -0.15) is 0 Å². The number of fused-ring (bicyclic) bond motifs is 1. The molecule has 304 valence electrons. The fourth-order valence-corrected chi connectivity index (χ4v) is 12.9. The Morgan fingerprint density at radius 1 is 0.852 bits per heavy atom. The number of Topliss-reactive ketones (excluding diaryl/α,β-unsaturated/α-hetero) is 2. The lowest BCUT2D eigenvalue weighted by Gasteiger charge is -2.37. The minimum absolute atomic E-state index is 0.0149. The van der Waals surface area contributed by atoms with Crippen LogP contribution in [-0.4, -0.2) is 72.1 Å². The molecule has 3 N–H and O–H groups in total. The third kappa shape index (κ3) is 7.16. The first-order valence-corrected chi connectivity index (χ1v) is 22.5. The van der Waals surface area contributed by atoms with Gasteiger partial charge in [-0.05, 0) is 100 Å². The standard InChI is InChI=1S/C42H68N4O7S/c1-10-27-22-40(27,35(50)45-54(52,53)28-17-18-28)24-32(48)30-23-42(39(8,9)41(42)19-14-20-41)25-46(30)34(49)29(37(2,3)4)21-31(47)33(26-15-12-11-13-16-26)43-36(51)44-38(5,6)7/h26-30,33H,10-25H2,1-9H3,(H,45,50)(H2,43,44,51)/t27-,29-,30+,33+,40-,42-/m1/s1. The van der Waals surface area contributed by atoms with Crippen LogP contribution in [0.1, 0.15) is 159 Å². The Bertz CT molecular complexity index is 1650. The molecule has 6 rings (SSSR count). The number of nitrogens with one attached hydrogen (secondary N) is 3. The zero-order chi connectivity index (χ0) is 39.9. The van der Waals surface area contributed by atoms with Crippen molar-refractivity contribution in [3.05, 3.63) is 0 Å². The number of carbonyl (C=O) groups is 5. The van der Waals surface area contributed by atoms with Crippen molar-refractivity contribution < 1.29 is 32.4 Å². The Balaban J connectivity index is 1.28. The second-order valence-corrected chi connectivity index (χ2v) is 22.9. The van der Waals surface area contributed by atoms with Crippen molar-refractivity contribution in [3.8, 4) is 0 Å². The molecule has 5 aliphatic carbocycles. The highest BCUT2D eigenvalue weighted by atomic mass is 32.2. The smallest absolute Gasteiger partial charge is 0.315 e. The Morgan fingerprint density at radius 3 is 1.96 bits per heavy atom. The van der Waals surface area contributed by atoms with Gasteiger partial charge in [-0.1, -0.05) is 73.6 Å². The van der Waals surface area contributed by atoms with Crippen molar-refractivity contribution in [2.75, 3.05) is 6.54 Å². The molecule has 1 heterocycles. The van der Waals surface area contributed by atoms with Crippen LogP contribution in [0.4, 0.5) is 4.79 Å². The molecule has 6 atom stereocenters. The van der Waals surface area contributed by atoms with E-state index in [1.807, 2.05) is 48.5 Å². The van der Waals surface area contributed by atoms with Gasteiger partial charge >= 0.3 is 6.03 Å². The topological polar surface area (TPSA) is 159 Å². The first-order valence-electron chi connectivity index (χ1n) is 21.0. The second-order valence-electron chi connectivity index (χ2n) is 20.9. The Morgan fingerprint density at radius 2 is 1.48 bits per heavy atom.